The Hall–Kier alpha value is -1.15. The molecule has 1 heterocycles. The molecular formula is C19H30ClN3O3S. The largest absolute Gasteiger partial charge is 0.352 e. The SMILES string of the molecule is Cl.NC[C@H]1CCC[C@H]1C(=O)NCc1ccc(S(=O)(=O)N2CCCCC2)cc1. The molecule has 0 radical (unpaired) electrons. The van der Waals surface area contributed by atoms with E-state index in [1.807, 2.05) is 0 Å². The standard InChI is InChI=1S/C19H29N3O3S.ClH/c20-13-16-5-4-6-18(16)19(23)21-14-15-7-9-17(10-8-15)26(24,25)22-11-2-1-3-12-22;/h7-10,16,18H,1-6,11-14,20H2,(H,21,23);1H/t16-,18-;/m1./s1. The summed E-state index contributed by atoms with van der Waals surface area (Å²) in [7, 11) is -3.40. The fourth-order valence-corrected chi connectivity index (χ4v) is 5.54. The molecule has 3 rings (SSSR count). The first kappa shape index (κ1) is 22.1. The van der Waals surface area contributed by atoms with E-state index in [4.69, 9.17) is 5.73 Å². The van der Waals surface area contributed by atoms with Gasteiger partial charge in [-0.15, -0.1) is 12.4 Å². The normalized spacial score (nSPS) is 23.6. The number of rotatable bonds is 6. The molecule has 6 nitrogen and oxygen atoms in total. The van der Waals surface area contributed by atoms with Gasteiger partial charge in [-0.05, 0) is 55.8 Å². The van der Waals surface area contributed by atoms with Gasteiger partial charge in [0.1, 0.15) is 0 Å². The molecule has 27 heavy (non-hydrogen) atoms. The molecule has 0 aromatic heterocycles. The molecule has 152 valence electrons. The van der Waals surface area contributed by atoms with Crippen molar-refractivity contribution in [3.8, 4) is 0 Å². The third-order valence-corrected chi connectivity index (χ3v) is 7.55. The van der Waals surface area contributed by atoms with Crippen LogP contribution in [-0.2, 0) is 21.4 Å². The van der Waals surface area contributed by atoms with Gasteiger partial charge in [0.05, 0.1) is 4.90 Å². The predicted octanol–water partition coefficient (Wildman–Crippen LogP) is 2.27. The number of piperidine rings is 1. The summed E-state index contributed by atoms with van der Waals surface area (Å²) in [5.74, 6) is 0.355. The number of halogens is 1. The predicted molar refractivity (Wildman–Crippen MR) is 108 cm³/mol. The minimum Gasteiger partial charge on any atom is -0.352 e. The Morgan fingerprint density at radius 3 is 2.37 bits per heavy atom. The second kappa shape index (κ2) is 9.87. The number of carbonyl (C=O) groups excluding carboxylic acids is 1. The number of nitrogens with one attached hydrogen (secondary N) is 1. The smallest absolute Gasteiger partial charge is 0.243 e. The zero-order valence-electron chi connectivity index (χ0n) is 15.6. The van der Waals surface area contributed by atoms with Crippen LogP contribution in [0.2, 0.25) is 0 Å². The van der Waals surface area contributed by atoms with Crippen LogP contribution in [0.15, 0.2) is 29.2 Å². The fourth-order valence-electron chi connectivity index (χ4n) is 4.02. The highest BCUT2D eigenvalue weighted by Crippen LogP contribution is 2.31. The van der Waals surface area contributed by atoms with Crippen LogP contribution >= 0.6 is 12.4 Å². The molecule has 1 aliphatic heterocycles. The fraction of sp³-hybridized carbons (Fsp3) is 0.632. The summed E-state index contributed by atoms with van der Waals surface area (Å²) in [5.41, 5.74) is 6.65. The molecule has 2 aliphatic rings. The lowest BCUT2D eigenvalue weighted by Crippen LogP contribution is -2.35. The van der Waals surface area contributed by atoms with Crippen molar-refractivity contribution in [3.05, 3.63) is 29.8 Å². The van der Waals surface area contributed by atoms with E-state index in [9.17, 15) is 13.2 Å². The first-order valence-electron chi connectivity index (χ1n) is 9.59. The van der Waals surface area contributed by atoms with Crippen molar-refractivity contribution in [1.82, 2.24) is 9.62 Å². The molecule has 1 aromatic carbocycles. The Morgan fingerprint density at radius 2 is 1.74 bits per heavy atom. The lowest BCUT2D eigenvalue weighted by molar-refractivity contribution is -0.126. The molecule has 1 amide bonds. The number of carbonyl (C=O) groups is 1. The van der Waals surface area contributed by atoms with E-state index in [1.54, 1.807) is 28.6 Å². The molecule has 1 aromatic rings. The van der Waals surface area contributed by atoms with Crippen LogP contribution in [0.5, 0.6) is 0 Å². The van der Waals surface area contributed by atoms with Crippen molar-refractivity contribution in [1.29, 1.82) is 0 Å². The van der Waals surface area contributed by atoms with Crippen molar-refractivity contribution in [2.75, 3.05) is 19.6 Å². The minimum absolute atomic E-state index is 0. The molecule has 0 spiro atoms. The topological polar surface area (TPSA) is 92.5 Å². The summed E-state index contributed by atoms with van der Waals surface area (Å²) >= 11 is 0. The van der Waals surface area contributed by atoms with E-state index < -0.39 is 10.0 Å². The maximum Gasteiger partial charge on any atom is 0.243 e. The van der Waals surface area contributed by atoms with Crippen LogP contribution in [0.1, 0.15) is 44.1 Å². The van der Waals surface area contributed by atoms with Gasteiger partial charge in [-0.1, -0.05) is 25.0 Å². The monoisotopic (exact) mass is 415 g/mol. The Balaban J connectivity index is 0.00000261. The minimum atomic E-state index is -3.40. The van der Waals surface area contributed by atoms with Gasteiger partial charge in [0, 0.05) is 25.6 Å². The molecular weight excluding hydrogens is 386 g/mol. The van der Waals surface area contributed by atoms with Crippen LogP contribution in [0.3, 0.4) is 0 Å². The van der Waals surface area contributed by atoms with Crippen LogP contribution in [0.4, 0.5) is 0 Å². The zero-order valence-corrected chi connectivity index (χ0v) is 17.2. The molecule has 3 N–H and O–H groups in total. The Kier molecular flexibility index (Phi) is 8.09. The molecule has 0 bridgehead atoms. The number of amides is 1. The summed E-state index contributed by atoms with van der Waals surface area (Å²) < 4.78 is 26.9. The molecule has 0 unspecified atom stereocenters. The van der Waals surface area contributed by atoms with Gasteiger partial charge in [-0.3, -0.25) is 4.79 Å². The van der Waals surface area contributed by atoms with Crippen LogP contribution in [-0.4, -0.2) is 38.3 Å². The van der Waals surface area contributed by atoms with E-state index in [2.05, 4.69) is 5.32 Å². The Morgan fingerprint density at radius 1 is 1.07 bits per heavy atom. The van der Waals surface area contributed by atoms with E-state index in [0.29, 0.717) is 31.1 Å². The van der Waals surface area contributed by atoms with Crippen molar-refractivity contribution in [2.45, 2.75) is 50.0 Å². The lowest BCUT2D eigenvalue weighted by Gasteiger charge is -2.25. The van der Waals surface area contributed by atoms with E-state index in [1.165, 1.54) is 0 Å². The first-order chi connectivity index (χ1) is 12.5. The number of nitrogens with zero attached hydrogens (tertiary/aromatic N) is 1. The summed E-state index contributed by atoms with van der Waals surface area (Å²) in [5, 5.41) is 2.97. The number of hydrogen-bond acceptors (Lipinski definition) is 4. The van der Waals surface area contributed by atoms with Crippen molar-refractivity contribution in [2.24, 2.45) is 17.6 Å². The average molecular weight is 416 g/mol. The van der Waals surface area contributed by atoms with Crippen LogP contribution in [0.25, 0.3) is 0 Å². The number of hydrogen-bond donors (Lipinski definition) is 2. The Labute approximate surface area is 168 Å². The summed E-state index contributed by atoms with van der Waals surface area (Å²) in [6.45, 7) is 2.17. The third-order valence-electron chi connectivity index (χ3n) is 5.64. The van der Waals surface area contributed by atoms with Crippen LogP contribution < -0.4 is 11.1 Å². The zero-order chi connectivity index (χ0) is 18.6. The second-order valence-electron chi connectivity index (χ2n) is 7.36. The van der Waals surface area contributed by atoms with Gasteiger partial charge in [0.25, 0.3) is 0 Å². The van der Waals surface area contributed by atoms with Crippen molar-refractivity contribution >= 4 is 28.3 Å². The summed E-state index contributed by atoms with van der Waals surface area (Å²) in [6.07, 6.45) is 5.93. The quantitative estimate of drug-likeness (QED) is 0.745. The summed E-state index contributed by atoms with van der Waals surface area (Å²) in [6, 6.07) is 6.85. The molecule has 1 aliphatic carbocycles. The maximum atomic E-state index is 12.7. The first-order valence-corrected chi connectivity index (χ1v) is 11.0. The number of benzene rings is 1. The van der Waals surface area contributed by atoms with Crippen molar-refractivity contribution in [3.63, 3.8) is 0 Å². The highest BCUT2D eigenvalue weighted by Gasteiger charge is 2.31. The van der Waals surface area contributed by atoms with E-state index >= 15 is 0 Å². The molecule has 1 saturated carbocycles. The van der Waals surface area contributed by atoms with Gasteiger partial charge >= 0.3 is 0 Å². The van der Waals surface area contributed by atoms with Gasteiger partial charge in [-0.2, -0.15) is 4.31 Å². The highest BCUT2D eigenvalue weighted by molar-refractivity contribution is 7.89. The molecule has 2 atom stereocenters. The van der Waals surface area contributed by atoms with Gasteiger partial charge < -0.3 is 11.1 Å². The third kappa shape index (κ3) is 5.22. The van der Waals surface area contributed by atoms with Gasteiger partial charge in [0.2, 0.25) is 15.9 Å². The molecule has 1 saturated heterocycles. The average Bonchev–Trinajstić information content (AvgIpc) is 3.16. The van der Waals surface area contributed by atoms with Gasteiger partial charge in [-0.25, -0.2) is 8.42 Å². The number of sulfonamides is 1. The lowest BCUT2D eigenvalue weighted by atomic mass is 9.95. The van der Waals surface area contributed by atoms with Crippen molar-refractivity contribution < 1.29 is 13.2 Å². The number of nitrogens with two attached hydrogens (primary N) is 1. The van der Waals surface area contributed by atoms with Crippen LogP contribution in [0, 0.1) is 11.8 Å². The van der Waals surface area contributed by atoms with E-state index in [-0.39, 0.29) is 30.2 Å². The Bertz CT molecular complexity index is 718. The van der Waals surface area contributed by atoms with Gasteiger partial charge in [0.15, 0.2) is 0 Å². The maximum absolute atomic E-state index is 12.7. The van der Waals surface area contributed by atoms with E-state index in [0.717, 1.165) is 44.1 Å². The summed E-state index contributed by atoms with van der Waals surface area (Å²) in [4.78, 5) is 12.7. The molecule has 8 heteroatoms. The second-order valence-corrected chi connectivity index (χ2v) is 9.30. The highest BCUT2D eigenvalue weighted by atomic mass is 35.5. The molecule has 2 fully saturated rings.